The normalized spacial score (nSPS) is 13.9. The molecule has 0 bridgehead atoms. The van der Waals surface area contributed by atoms with Gasteiger partial charge in [0, 0.05) is 57.9 Å². The number of hydrogen-bond donors (Lipinski definition) is 2. The largest absolute Gasteiger partial charge is 0.361 e. The zero-order valence-electron chi connectivity index (χ0n) is 21.3. The van der Waals surface area contributed by atoms with Gasteiger partial charge in [-0.3, -0.25) is 5.10 Å². The van der Waals surface area contributed by atoms with E-state index in [1.54, 1.807) is 17.2 Å². The second-order valence-corrected chi connectivity index (χ2v) is 16.3. The highest BCUT2D eigenvalue weighted by Crippen LogP contribution is 2.39. The molecule has 36 heavy (non-hydrogen) atoms. The lowest BCUT2D eigenvalue weighted by Crippen LogP contribution is -2.22. The van der Waals surface area contributed by atoms with Crippen LogP contribution in [-0.4, -0.2) is 51.4 Å². The van der Waals surface area contributed by atoms with E-state index in [0.717, 1.165) is 28.6 Å². The van der Waals surface area contributed by atoms with Gasteiger partial charge in [0.2, 0.25) is 5.95 Å². The molecule has 1 saturated carbocycles. The molecule has 0 radical (unpaired) electrons. The van der Waals surface area contributed by atoms with Gasteiger partial charge < -0.3 is 19.5 Å². The molecule has 0 amide bonds. The van der Waals surface area contributed by atoms with Crippen LogP contribution in [0.4, 0.5) is 22.0 Å². The van der Waals surface area contributed by atoms with Gasteiger partial charge in [0.05, 0.1) is 23.3 Å². The zero-order valence-corrected chi connectivity index (χ0v) is 22.3. The van der Waals surface area contributed by atoms with E-state index in [4.69, 9.17) is 4.74 Å². The lowest BCUT2D eigenvalue weighted by Gasteiger charge is -2.18. The summed E-state index contributed by atoms with van der Waals surface area (Å²) in [4.78, 5) is 15.3. The van der Waals surface area contributed by atoms with Crippen molar-refractivity contribution in [2.24, 2.45) is 0 Å². The van der Waals surface area contributed by atoms with Gasteiger partial charge in [-0.1, -0.05) is 19.6 Å². The summed E-state index contributed by atoms with van der Waals surface area (Å²) >= 11 is 0. The topological polar surface area (TPSA) is 96.8 Å². The number of fused-ring (bicyclic) bond motifs is 1. The molecular formula is C25H33FN8OSi. The molecule has 1 aliphatic carbocycles. The number of ether oxygens (including phenoxy) is 1. The van der Waals surface area contributed by atoms with Gasteiger partial charge in [-0.2, -0.15) is 10.1 Å². The lowest BCUT2D eigenvalue weighted by atomic mass is 10.3. The van der Waals surface area contributed by atoms with Gasteiger partial charge in [0.15, 0.2) is 5.82 Å². The molecule has 9 nitrogen and oxygen atoms in total. The number of aromatic nitrogens is 6. The number of nitrogens with zero attached hydrogens (tertiary/aromatic N) is 6. The second-order valence-electron chi connectivity index (χ2n) is 10.7. The molecule has 4 aromatic heterocycles. The Morgan fingerprint density at radius 3 is 2.81 bits per heavy atom. The molecule has 1 fully saturated rings. The van der Waals surface area contributed by atoms with Crippen LogP contribution >= 0.6 is 0 Å². The second kappa shape index (κ2) is 9.98. The van der Waals surface area contributed by atoms with Crippen LogP contribution in [0.3, 0.4) is 0 Å². The predicted octanol–water partition coefficient (Wildman–Crippen LogP) is 5.26. The minimum atomic E-state index is -1.15. The average Bonchev–Trinajstić information content (AvgIpc) is 3.46. The number of halogens is 1. The van der Waals surface area contributed by atoms with Crippen molar-refractivity contribution in [3.05, 3.63) is 53.9 Å². The predicted molar refractivity (Wildman–Crippen MR) is 142 cm³/mol. The molecule has 2 N–H and O–H groups in total. The standard InChI is InChI=1S/C25H33FN8OSi/c1-33(25-27-9-7-23(30-25)29-24-14-20(31-32-24)17-5-6-17)15-21-18(26)13-22-19(28-21)8-10-34(22)16-35-11-12-36(2,3)4/h7-10,13-14,17H,5-6,11-12,15-16H2,1-4H3,(H2,27,29,30,31,32). The fraction of sp³-hybridized carbons (Fsp3) is 0.440. The summed E-state index contributed by atoms with van der Waals surface area (Å²) in [6, 6.07) is 8.31. The molecular weight excluding hydrogens is 475 g/mol. The van der Waals surface area contributed by atoms with Crippen molar-refractivity contribution in [3.63, 3.8) is 0 Å². The molecule has 0 atom stereocenters. The maximum Gasteiger partial charge on any atom is 0.227 e. The third-order valence-electron chi connectivity index (χ3n) is 6.25. The summed E-state index contributed by atoms with van der Waals surface area (Å²) < 4.78 is 22.8. The number of nitrogens with one attached hydrogen (secondary N) is 2. The molecule has 0 aliphatic heterocycles. The number of hydrogen-bond acceptors (Lipinski definition) is 7. The molecule has 0 aromatic carbocycles. The van der Waals surface area contributed by atoms with Crippen molar-refractivity contribution in [2.75, 3.05) is 23.9 Å². The number of rotatable bonds is 11. The van der Waals surface area contributed by atoms with E-state index < -0.39 is 8.07 Å². The van der Waals surface area contributed by atoms with E-state index >= 15 is 4.39 Å². The molecule has 5 rings (SSSR count). The fourth-order valence-corrected chi connectivity index (χ4v) is 4.68. The van der Waals surface area contributed by atoms with Crippen LogP contribution < -0.4 is 10.2 Å². The summed E-state index contributed by atoms with van der Waals surface area (Å²) in [5.41, 5.74) is 2.94. The highest BCUT2D eigenvalue weighted by Gasteiger charge is 2.25. The van der Waals surface area contributed by atoms with Gasteiger partial charge in [0.1, 0.15) is 18.4 Å². The van der Waals surface area contributed by atoms with E-state index in [1.165, 1.54) is 18.9 Å². The maximum absolute atomic E-state index is 15.0. The highest BCUT2D eigenvalue weighted by atomic mass is 28.3. The Bertz CT molecular complexity index is 1340. The third-order valence-corrected chi connectivity index (χ3v) is 7.95. The van der Waals surface area contributed by atoms with Gasteiger partial charge in [0.25, 0.3) is 0 Å². The van der Waals surface area contributed by atoms with Gasteiger partial charge in [-0.25, -0.2) is 14.4 Å². The SMILES string of the molecule is CN(Cc1nc2ccn(COCC[Si](C)(C)C)c2cc1F)c1nccc(Nc2cc(C3CC3)[nH]n2)n1. The molecule has 11 heteroatoms. The van der Waals surface area contributed by atoms with Gasteiger partial charge >= 0.3 is 0 Å². The first kappa shape index (κ1) is 24.4. The van der Waals surface area contributed by atoms with Gasteiger partial charge in [-0.15, -0.1) is 0 Å². The molecule has 0 spiro atoms. The van der Waals surface area contributed by atoms with E-state index in [1.807, 2.05) is 29.9 Å². The maximum atomic E-state index is 15.0. The Hall–Kier alpha value is -3.31. The highest BCUT2D eigenvalue weighted by molar-refractivity contribution is 6.76. The quantitative estimate of drug-likeness (QED) is 0.211. The number of pyridine rings is 1. The molecule has 0 unspecified atom stereocenters. The van der Waals surface area contributed by atoms with Crippen LogP contribution in [-0.2, 0) is 18.0 Å². The summed E-state index contributed by atoms with van der Waals surface area (Å²) in [5, 5.41) is 10.6. The molecule has 1 aliphatic rings. The molecule has 0 saturated heterocycles. The van der Waals surface area contributed by atoms with Crippen LogP contribution in [0.5, 0.6) is 0 Å². The Labute approximate surface area is 211 Å². The first-order chi connectivity index (χ1) is 17.2. The van der Waals surface area contributed by atoms with Crippen molar-refractivity contribution in [2.45, 2.75) is 57.7 Å². The first-order valence-electron chi connectivity index (χ1n) is 12.3. The van der Waals surface area contributed by atoms with Crippen molar-refractivity contribution in [1.82, 2.24) is 29.7 Å². The van der Waals surface area contributed by atoms with Crippen LogP contribution in [0.15, 0.2) is 36.7 Å². The minimum Gasteiger partial charge on any atom is -0.361 e. The zero-order chi connectivity index (χ0) is 25.3. The van der Waals surface area contributed by atoms with Gasteiger partial charge in [-0.05, 0) is 31.0 Å². The Morgan fingerprint density at radius 2 is 2.03 bits per heavy atom. The van der Waals surface area contributed by atoms with E-state index in [9.17, 15) is 0 Å². The molecule has 4 heterocycles. The van der Waals surface area contributed by atoms with E-state index in [0.29, 0.717) is 36.7 Å². The monoisotopic (exact) mass is 508 g/mol. The Kier molecular flexibility index (Phi) is 6.76. The van der Waals surface area contributed by atoms with Crippen LogP contribution in [0, 0.1) is 5.82 Å². The lowest BCUT2D eigenvalue weighted by molar-refractivity contribution is 0.0902. The summed E-state index contributed by atoms with van der Waals surface area (Å²) in [5.74, 6) is 2.04. The van der Waals surface area contributed by atoms with Crippen molar-refractivity contribution >= 4 is 36.7 Å². The van der Waals surface area contributed by atoms with E-state index in [-0.39, 0.29) is 12.4 Å². The summed E-state index contributed by atoms with van der Waals surface area (Å²) in [6.45, 7) is 8.30. The minimum absolute atomic E-state index is 0.233. The molecule has 190 valence electrons. The number of H-pyrrole nitrogens is 1. The van der Waals surface area contributed by atoms with Crippen molar-refractivity contribution in [1.29, 1.82) is 0 Å². The summed E-state index contributed by atoms with van der Waals surface area (Å²) in [6.07, 6.45) is 5.97. The van der Waals surface area contributed by atoms with Crippen LogP contribution in [0.1, 0.15) is 30.1 Å². The number of aromatic amines is 1. The smallest absolute Gasteiger partial charge is 0.227 e. The van der Waals surface area contributed by atoms with Crippen molar-refractivity contribution in [3.8, 4) is 0 Å². The van der Waals surface area contributed by atoms with Crippen molar-refractivity contribution < 1.29 is 9.13 Å². The van der Waals surface area contributed by atoms with E-state index in [2.05, 4.69) is 50.1 Å². The van der Waals surface area contributed by atoms with Crippen LogP contribution in [0.25, 0.3) is 11.0 Å². The Balaban J connectivity index is 1.24. The third kappa shape index (κ3) is 5.90. The summed E-state index contributed by atoms with van der Waals surface area (Å²) in [7, 11) is 0.674. The van der Waals surface area contributed by atoms with Crippen LogP contribution in [0.2, 0.25) is 25.7 Å². The first-order valence-corrected chi connectivity index (χ1v) is 16.0. The molecule has 4 aromatic rings. The fourth-order valence-electron chi connectivity index (χ4n) is 3.92. The number of anilines is 3. The average molecular weight is 509 g/mol. The Morgan fingerprint density at radius 1 is 1.19 bits per heavy atom.